The Hall–Kier alpha value is -8.58. The number of nitrogens with two attached hydrogens (primary N) is 2. The molecule has 1 aliphatic rings. The standard InChI is InChI=1S/C46H38Cl2N16O14S4/c1-21(65)51-39-31(61-59-23-17-29-25(35(19-23)81(73,74)75)5-3-7-33(29)79(67,68)69)11-9-27(37(39)49)41-53-43(47)57-45(55-41)63-13-15-64(16-14-63)46-56-42(54-44(48)58-46)28-10-12-32(40(38(28)50)52-22(2)66)62-60-24-18-30-26(36(20-24)82(76,77)78)6-4-8-34(30)80(70,71)72/h3-12,17-20H,13-16,49-50H2,1-2H3,(H,51,65)(H,52,66)(H,67,68,69)(H,70,71,72)(H,73,74,75)(H,76,77,78). The molecule has 10 N–H and O–H groups in total. The number of carbonyl (C=O) groups is 2. The van der Waals surface area contributed by atoms with Crippen LogP contribution >= 0.6 is 23.2 Å². The Balaban J connectivity index is 0.971. The zero-order valence-corrected chi connectivity index (χ0v) is 46.5. The second-order valence-electron chi connectivity index (χ2n) is 17.5. The van der Waals surface area contributed by atoms with Crippen LogP contribution in [0.1, 0.15) is 13.8 Å². The van der Waals surface area contributed by atoms with E-state index in [0.29, 0.717) is 0 Å². The molecule has 9 rings (SSSR count). The Bertz CT molecular complexity index is 4290. The molecule has 30 nitrogen and oxygen atoms in total. The van der Waals surface area contributed by atoms with Crippen molar-refractivity contribution in [1.82, 2.24) is 29.9 Å². The first-order valence-corrected chi connectivity index (χ1v) is 29.6. The first kappa shape index (κ1) is 58.1. The molecule has 0 aliphatic carbocycles. The van der Waals surface area contributed by atoms with E-state index in [4.69, 9.17) is 34.7 Å². The topological polar surface area (TPSA) is 461 Å². The molecule has 0 spiro atoms. The second kappa shape index (κ2) is 22.1. The maximum atomic E-state index is 12.5. The third-order valence-corrected chi connectivity index (χ3v) is 16.0. The first-order chi connectivity index (χ1) is 38.4. The predicted molar refractivity (Wildman–Crippen MR) is 298 cm³/mol. The molecule has 0 atom stereocenters. The van der Waals surface area contributed by atoms with Crippen molar-refractivity contribution in [2.75, 3.05) is 58.1 Å². The molecule has 0 bridgehead atoms. The number of nitrogens with one attached hydrogen (secondary N) is 2. The Morgan fingerprint density at radius 2 is 0.841 bits per heavy atom. The lowest BCUT2D eigenvalue weighted by atomic mass is 10.1. The van der Waals surface area contributed by atoms with E-state index in [1.54, 1.807) is 9.80 Å². The fraction of sp³-hybridized carbons (Fsp3) is 0.130. The van der Waals surface area contributed by atoms with Gasteiger partial charge in [-0.05, 0) is 83.9 Å². The number of nitrogen functional groups attached to an aromatic ring is 2. The minimum Gasteiger partial charge on any atom is -0.396 e. The van der Waals surface area contributed by atoms with Crippen molar-refractivity contribution >= 4 is 154 Å². The lowest BCUT2D eigenvalue weighted by Crippen LogP contribution is -2.47. The minimum atomic E-state index is -4.98. The van der Waals surface area contributed by atoms with Gasteiger partial charge >= 0.3 is 0 Å². The lowest BCUT2D eigenvalue weighted by molar-refractivity contribution is -0.115. The van der Waals surface area contributed by atoms with Gasteiger partial charge in [-0.1, -0.05) is 24.3 Å². The van der Waals surface area contributed by atoms with Gasteiger partial charge in [0.15, 0.2) is 11.6 Å². The molecule has 2 amide bonds. The highest BCUT2D eigenvalue weighted by molar-refractivity contribution is 7.87. The van der Waals surface area contributed by atoms with Crippen LogP contribution in [0.25, 0.3) is 44.3 Å². The number of aromatic nitrogens is 6. The SMILES string of the molecule is CC(=O)Nc1c(N=Nc2cc(S(=O)(=O)O)c3cccc(S(=O)(=O)O)c3c2)ccc(-c2nc(Cl)nc(N3CCN(c4nc(Cl)nc(-c5ccc(N=Nc6cc(S(=O)(=O)O)c7cccc(S(=O)(=O)O)c7c6)c(NC(C)=O)c5N)n4)CC3)n2)c1N. The number of halogens is 2. The average molecular weight is 1240 g/mol. The molecular formula is C46H38Cl2N16O14S4. The summed E-state index contributed by atoms with van der Waals surface area (Å²) in [5, 5.41) is 19.9. The van der Waals surface area contributed by atoms with Crippen LogP contribution in [-0.4, -0.2) is 120 Å². The summed E-state index contributed by atoms with van der Waals surface area (Å²) in [5.41, 5.74) is 12.3. The predicted octanol–water partition coefficient (Wildman–Crippen LogP) is 7.23. The van der Waals surface area contributed by atoms with E-state index in [1.807, 2.05) is 0 Å². The Labute approximate surface area is 473 Å². The maximum absolute atomic E-state index is 12.5. The molecule has 1 fully saturated rings. The maximum Gasteiger partial charge on any atom is 0.295 e. The molecule has 3 heterocycles. The lowest BCUT2D eigenvalue weighted by Gasteiger charge is -2.34. The number of amides is 2. The summed E-state index contributed by atoms with van der Waals surface area (Å²) in [6, 6.07) is 16.4. The Kier molecular flexibility index (Phi) is 15.6. The van der Waals surface area contributed by atoms with Gasteiger partial charge in [0.1, 0.15) is 31.0 Å². The molecule has 1 saturated heterocycles. The summed E-state index contributed by atoms with van der Waals surface area (Å²) in [5.74, 6) is -1.06. The summed E-state index contributed by atoms with van der Waals surface area (Å²) < 4.78 is 138. The molecule has 2 aromatic heterocycles. The van der Waals surface area contributed by atoms with Gasteiger partial charge in [0, 0.05) is 72.7 Å². The van der Waals surface area contributed by atoms with Gasteiger partial charge in [-0.15, -0.1) is 10.2 Å². The van der Waals surface area contributed by atoms with Crippen molar-refractivity contribution in [2.45, 2.75) is 33.4 Å². The molecule has 0 radical (unpaired) electrons. The molecule has 6 aromatic carbocycles. The molecule has 424 valence electrons. The molecule has 82 heavy (non-hydrogen) atoms. The monoisotopic (exact) mass is 1240 g/mol. The van der Waals surface area contributed by atoms with E-state index >= 15 is 0 Å². The summed E-state index contributed by atoms with van der Waals surface area (Å²) >= 11 is 12.9. The Morgan fingerprint density at radius 3 is 1.17 bits per heavy atom. The quantitative estimate of drug-likeness (QED) is 0.0302. The third kappa shape index (κ3) is 12.3. The number of fused-ring (bicyclic) bond motifs is 2. The molecule has 0 unspecified atom stereocenters. The third-order valence-electron chi connectivity index (χ3n) is 12.0. The van der Waals surface area contributed by atoms with Crippen LogP contribution in [0.5, 0.6) is 0 Å². The first-order valence-electron chi connectivity index (χ1n) is 23.1. The average Bonchev–Trinajstić information content (AvgIpc) is 3.41. The zero-order chi connectivity index (χ0) is 59.4. The number of rotatable bonds is 14. The van der Waals surface area contributed by atoms with Crippen molar-refractivity contribution in [3.8, 4) is 22.8 Å². The van der Waals surface area contributed by atoms with E-state index in [0.717, 1.165) is 36.4 Å². The van der Waals surface area contributed by atoms with E-state index in [1.165, 1.54) is 62.4 Å². The minimum absolute atomic E-state index is 0.0399. The number of nitrogens with zero attached hydrogens (tertiary/aromatic N) is 12. The van der Waals surface area contributed by atoms with Crippen molar-refractivity contribution < 1.29 is 61.5 Å². The van der Waals surface area contributed by atoms with Gasteiger partial charge in [-0.3, -0.25) is 27.8 Å². The molecule has 8 aromatic rings. The van der Waals surface area contributed by atoms with E-state index in [-0.39, 0.29) is 138 Å². The summed E-state index contributed by atoms with van der Waals surface area (Å²) in [7, 11) is -19.7. The van der Waals surface area contributed by atoms with Crippen molar-refractivity contribution in [1.29, 1.82) is 0 Å². The highest BCUT2D eigenvalue weighted by Crippen LogP contribution is 2.43. The van der Waals surface area contributed by atoms with Crippen molar-refractivity contribution in [3.05, 3.63) is 95.5 Å². The number of hydrogen-bond donors (Lipinski definition) is 8. The van der Waals surface area contributed by atoms with Crippen LogP contribution in [0.15, 0.2) is 125 Å². The van der Waals surface area contributed by atoms with Gasteiger partial charge in [-0.25, -0.2) is 0 Å². The highest BCUT2D eigenvalue weighted by Gasteiger charge is 2.28. The number of hydrogen-bond acceptors (Lipinski definition) is 24. The van der Waals surface area contributed by atoms with Crippen molar-refractivity contribution in [2.24, 2.45) is 20.5 Å². The Morgan fingerprint density at radius 1 is 0.488 bits per heavy atom. The van der Waals surface area contributed by atoms with Crippen LogP contribution in [-0.2, 0) is 50.1 Å². The van der Waals surface area contributed by atoms with Gasteiger partial charge < -0.3 is 31.9 Å². The van der Waals surface area contributed by atoms with Gasteiger partial charge in [0.05, 0.1) is 34.1 Å². The smallest absolute Gasteiger partial charge is 0.295 e. The summed E-state index contributed by atoms with van der Waals surface area (Å²) in [4.78, 5) is 52.1. The second-order valence-corrected chi connectivity index (χ2v) is 23.8. The summed E-state index contributed by atoms with van der Waals surface area (Å²) in [6.07, 6.45) is 0. The number of piperazine rings is 1. The fourth-order valence-corrected chi connectivity index (χ4v) is 11.7. The molecular weight excluding hydrogens is 1200 g/mol. The van der Waals surface area contributed by atoms with E-state index < -0.39 is 71.9 Å². The number of benzene rings is 6. The van der Waals surface area contributed by atoms with Crippen LogP contribution in [0.2, 0.25) is 10.6 Å². The normalized spacial score (nSPS) is 13.6. The van der Waals surface area contributed by atoms with Gasteiger partial charge in [0.25, 0.3) is 40.5 Å². The largest absolute Gasteiger partial charge is 0.396 e. The van der Waals surface area contributed by atoms with Crippen molar-refractivity contribution in [3.63, 3.8) is 0 Å². The van der Waals surface area contributed by atoms with Gasteiger partial charge in [0.2, 0.25) is 34.3 Å². The number of carbonyl (C=O) groups excluding carboxylic acids is 2. The van der Waals surface area contributed by atoms with Crippen LogP contribution < -0.4 is 31.9 Å². The van der Waals surface area contributed by atoms with E-state index in [9.17, 15) is 61.5 Å². The van der Waals surface area contributed by atoms with Crippen LogP contribution in [0.3, 0.4) is 0 Å². The number of anilines is 6. The molecule has 36 heteroatoms. The van der Waals surface area contributed by atoms with Crippen LogP contribution in [0, 0.1) is 0 Å². The van der Waals surface area contributed by atoms with Crippen LogP contribution in [0.4, 0.5) is 57.4 Å². The zero-order valence-electron chi connectivity index (χ0n) is 41.7. The summed E-state index contributed by atoms with van der Waals surface area (Å²) in [6.45, 7) is 3.31. The van der Waals surface area contributed by atoms with E-state index in [2.05, 4.69) is 61.0 Å². The molecule has 0 saturated carbocycles. The molecule has 1 aliphatic heterocycles. The fourth-order valence-electron chi connectivity index (χ4n) is 8.53. The highest BCUT2D eigenvalue weighted by atomic mass is 35.5. The van der Waals surface area contributed by atoms with Gasteiger partial charge in [-0.2, -0.15) is 73.8 Å². The number of azo groups is 2.